The summed E-state index contributed by atoms with van der Waals surface area (Å²) in [6, 6.07) is 20.4. The monoisotopic (exact) mass is 263 g/mol. The van der Waals surface area contributed by atoms with Crippen molar-refractivity contribution in [2.45, 2.75) is 6.54 Å². The lowest BCUT2D eigenvalue weighted by Gasteiger charge is -2.08. The molecule has 3 nitrogen and oxygen atoms in total. The summed E-state index contributed by atoms with van der Waals surface area (Å²) >= 11 is 0. The first-order valence-corrected chi connectivity index (χ1v) is 6.69. The van der Waals surface area contributed by atoms with Gasteiger partial charge in [-0.15, -0.1) is 0 Å². The van der Waals surface area contributed by atoms with Gasteiger partial charge in [-0.3, -0.25) is 0 Å². The molecular weight excluding hydrogens is 246 g/mol. The van der Waals surface area contributed by atoms with Crippen LogP contribution < -0.4 is 5.32 Å². The molecule has 0 aliphatic heterocycles. The Morgan fingerprint density at radius 3 is 2.30 bits per heavy atom. The molecule has 0 aliphatic rings. The van der Waals surface area contributed by atoms with Crippen LogP contribution in [-0.4, -0.2) is 9.55 Å². The minimum absolute atomic E-state index is 0.764. The number of anilines is 1. The van der Waals surface area contributed by atoms with Gasteiger partial charge in [-0.2, -0.15) is 0 Å². The van der Waals surface area contributed by atoms with Crippen molar-refractivity contribution in [2.24, 2.45) is 7.05 Å². The lowest BCUT2D eigenvalue weighted by Crippen LogP contribution is -2.05. The summed E-state index contributed by atoms with van der Waals surface area (Å²) in [7, 11) is 2.05. The van der Waals surface area contributed by atoms with Gasteiger partial charge in [-0.1, -0.05) is 48.5 Å². The van der Waals surface area contributed by atoms with E-state index in [4.69, 9.17) is 0 Å². The summed E-state index contributed by atoms with van der Waals surface area (Å²) in [6.45, 7) is 0.764. The van der Waals surface area contributed by atoms with E-state index in [1.165, 1.54) is 0 Å². The highest BCUT2D eigenvalue weighted by Crippen LogP contribution is 2.18. The predicted octanol–water partition coefficient (Wildman–Crippen LogP) is 3.70. The number of nitrogens with zero attached hydrogens (tertiary/aromatic N) is 2. The summed E-state index contributed by atoms with van der Waals surface area (Å²) in [5.74, 6) is 0.996. The van der Waals surface area contributed by atoms with Gasteiger partial charge < -0.3 is 9.88 Å². The maximum absolute atomic E-state index is 4.52. The van der Waals surface area contributed by atoms with Gasteiger partial charge in [0.25, 0.3) is 0 Å². The zero-order valence-corrected chi connectivity index (χ0v) is 11.5. The molecule has 0 saturated carbocycles. The van der Waals surface area contributed by atoms with E-state index in [1.807, 2.05) is 42.6 Å². The zero-order chi connectivity index (χ0) is 13.8. The molecule has 1 N–H and O–H groups in total. The molecule has 3 heteroatoms. The van der Waals surface area contributed by atoms with E-state index in [9.17, 15) is 0 Å². The van der Waals surface area contributed by atoms with Crippen molar-refractivity contribution in [2.75, 3.05) is 5.32 Å². The Kier molecular flexibility index (Phi) is 3.50. The van der Waals surface area contributed by atoms with Gasteiger partial charge in [0.1, 0.15) is 5.82 Å². The molecule has 20 heavy (non-hydrogen) atoms. The van der Waals surface area contributed by atoms with E-state index in [1.54, 1.807) is 0 Å². The lowest BCUT2D eigenvalue weighted by molar-refractivity contribution is 0.846. The van der Waals surface area contributed by atoms with E-state index >= 15 is 0 Å². The van der Waals surface area contributed by atoms with Crippen LogP contribution in [0.1, 0.15) is 5.69 Å². The first kappa shape index (κ1) is 12.5. The normalized spacial score (nSPS) is 10.4. The van der Waals surface area contributed by atoms with Gasteiger partial charge >= 0.3 is 0 Å². The first-order valence-electron chi connectivity index (χ1n) is 6.69. The second-order valence-corrected chi connectivity index (χ2v) is 4.72. The van der Waals surface area contributed by atoms with Crippen molar-refractivity contribution >= 4 is 5.69 Å². The van der Waals surface area contributed by atoms with E-state index in [0.29, 0.717) is 0 Å². The largest absolute Gasteiger partial charge is 0.379 e. The maximum Gasteiger partial charge on any atom is 0.139 e. The number of nitrogens with one attached hydrogen (secondary N) is 1. The van der Waals surface area contributed by atoms with Crippen LogP contribution in [0.3, 0.4) is 0 Å². The van der Waals surface area contributed by atoms with Gasteiger partial charge in [0.2, 0.25) is 0 Å². The highest BCUT2D eigenvalue weighted by atomic mass is 15.1. The minimum atomic E-state index is 0.764. The van der Waals surface area contributed by atoms with Crippen LogP contribution in [-0.2, 0) is 13.6 Å². The number of imidazole rings is 1. The van der Waals surface area contributed by atoms with Crippen LogP contribution >= 0.6 is 0 Å². The van der Waals surface area contributed by atoms with Crippen molar-refractivity contribution < 1.29 is 0 Å². The van der Waals surface area contributed by atoms with E-state index in [2.05, 4.69) is 46.2 Å². The molecule has 100 valence electrons. The van der Waals surface area contributed by atoms with E-state index in [-0.39, 0.29) is 0 Å². The number of aromatic nitrogens is 2. The Hall–Kier alpha value is -2.55. The van der Waals surface area contributed by atoms with Gasteiger partial charge in [0.15, 0.2) is 0 Å². The smallest absolute Gasteiger partial charge is 0.139 e. The molecule has 0 atom stereocenters. The lowest BCUT2D eigenvalue weighted by atomic mass is 10.2. The van der Waals surface area contributed by atoms with Crippen LogP contribution in [0.2, 0.25) is 0 Å². The van der Waals surface area contributed by atoms with Gasteiger partial charge in [0.05, 0.1) is 18.4 Å². The fourth-order valence-corrected chi connectivity index (χ4v) is 2.21. The number of rotatable bonds is 4. The molecular formula is C17H17N3. The third-order valence-electron chi connectivity index (χ3n) is 3.36. The molecule has 2 aromatic carbocycles. The highest BCUT2D eigenvalue weighted by molar-refractivity contribution is 5.56. The average molecular weight is 263 g/mol. The number of benzene rings is 2. The van der Waals surface area contributed by atoms with Gasteiger partial charge in [-0.05, 0) is 12.1 Å². The van der Waals surface area contributed by atoms with Crippen LogP contribution in [0.5, 0.6) is 0 Å². The summed E-state index contributed by atoms with van der Waals surface area (Å²) in [4.78, 5) is 4.52. The quantitative estimate of drug-likeness (QED) is 0.778. The van der Waals surface area contributed by atoms with Crippen LogP contribution in [0.15, 0.2) is 66.9 Å². The number of hydrogen-bond donors (Lipinski definition) is 1. The average Bonchev–Trinajstić information content (AvgIpc) is 2.88. The van der Waals surface area contributed by atoms with Crippen molar-refractivity contribution in [3.05, 3.63) is 72.6 Å². The molecule has 0 aliphatic carbocycles. The second kappa shape index (κ2) is 5.61. The van der Waals surface area contributed by atoms with E-state index < -0.39 is 0 Å². The Morgan fingerprint density at radius 2 is 1.60 bits per heavy atom. The number of hydrogen-bond acceptors (Lipinski definition) is 2. The molecule has 1 heterocycles. The van der Waals surface area contributed by atoms with Crippen molar-refractivity contribution in [1.29, 1.82) is 0 Å². The second-order valence-electron chi connectivity index (χ2n) is 4.72. The van der Waals surface area contributed by atoms with Crippen LogP contribution in [0, 0.1) is 0 Å². The third-order valence-corrected chi connectivity index (χ3v) is 3.36. The Balaban J connectivity index is 1.78. The maximum atomic E-state index is 4.52. The summed E-state index contributed by atoms with van der Waals surface area (Å²) < 4.78 is 2.13. The topological polar surface area (TPSA) is 29.9 Å². The van der Waals surface area contributed by atoms with Crippen molar-refractivity contribution in [3.63, 3.8) is 0 Å². The standard InChI is InChI=1S/C17H17N3/c1-20-16(12-18-15-10-6-3-7-11-15)13-19-17(20)14-8-4-2-5-9-14/h2-11,13,18H,12H2,1H3. The van der Waals surface area contributed by atoms with Crippen LogP contribution in [0.25, 0.3) is 11.4 Å². The van der Waals surface area contributed by atoms with Crippen molar-refractivity contribution in [1.82, 2.24) is 9.55 Å². The Labute approximate surface area is 118 Å². The molecule has 0 amide bonds. The van der Waals surface area contributed by atoms with Crippen LogP contribution in [0.4, 0.5) is 5.69 Å². The molecule has 0 fully saturated rings. The molecule has 0 saturated heterocycles. The molecule has 0 radical (unpaired) electrons. The third kappa shape index (κ3) is 2.57. The number of para-hydroxylation sites is 1. The highest BCUT2D eigenvalue weighted by Gasteiger charge is 2.07. The molecule has 3 aromatic rings. The SMILES string of the molecule is Cn1c(CNc2ccccc2)cnc1-c1ccccc1. The van der Waals surface area contributed by atoms with E-state index in [0.717, 1.165) is 29.3 Å². The minimum Gasteiger partial charge on any atom is -0.379 e. The summed E-state index contributed by atoms with van der Waals surface area (Å²) in [6.07, 6.45) is 1.93. The summed E-state index contributed by atoms with van der Waals surface area (Å²) in [5, 5.41) is 3.41. The molecule has 0 bridgehead atoms. The molecule has 0 spiro atoms. The predicted molar refractivity (Wildman–Crippen MR) is 82.4 cm³/mol. The van der Waals surface area contributed by atoms with Gasteiger partial charge in [0, 0.05) is 18.3 Å². The van der Waals surface area contributed by atoms with Crippen molar-refractivity contribution in [3.8, 4) is 11.4 Å². The Bertz CT molecular complexity index is 672. The zero-order valence-electron chi connectivity index (χ0n) is 11.5. The first-order chi connectivity index (χ1) is 9.84. The molecule has 1 aromatic heterocycles. The molecule has 3 rings (SSSR count). The molecule has 0 unspecified atom stereocenters. The Morgan fingerprint density at radius 1 is 0.950 bits per heavy atom. The fraction of sp³-hybridized carbons (Fsp3) is 0.118. The van der Waals surface area contributed by atoms with Gasteiger partial charge in [-0.25, -0.2) is 4.98 Å². The fourth-order valence-electron chi connectivity index (χ4n) is 2.21. The summed E-state index contributed by atoms with van der Waals surface area (Å²) in [5.41, 5.74) is 3.42.